The van der Waals surface area contributed by atoms with Crippen LogP contribution in [-0.4, -0.2) is 53.2 Å². The van der Waals surface area contributed by atoms with Crippen molar-refractivity contribution in [2.45, 2.75) is 76.0 Å². The number of carbonyl (C=O) groups excluding carboxylic acids is 1. The number of rotatable bonds is 4. The normalized spacial score (nSPS) is 40.3. The molecular weight excluding hydrogens is 366 g/mol. The molecule has 3 fully saturated rings. The summed E-state index contributed by atoms with van der Waals surface area (Å²) in [5.41, 5.74) is 2.76. The molecule has 6 atom stereocenters. The van der Waals surface area contributed by atoms with Gasteiger partial charge in [-0.2, -0.15) is 0 Å². The SMILES string of the molecule is CCC12CCCN3CCC4(c5ccc(CO)c(OC)c5C(C(C)=O)C4C(O)C1)C32. The molecule has 158 valence electrons. The highest BCUT2D eigenvalue weighted by atomic mass is 16.5. The number of piperidine rings is 1. The van der Waals surface area contributed by atoms with Crippen molar-refractivity contribution in [2.24, 2.45) is 11.3 Å². The number of ether oxygens (including phenoxy) is 1. The van der Waals surface area contributed by atoms with Crippen LogP contribution in [0.5, 0.6) is 5.75 Å². The largest absolute Gasteiger partial charge is 0.496 e. The lowest BCUT2D eigenvalue weighted by Gasteiger charge is -2.60. The molecule has 2 N–H and O–H groups in total. The minimum atomic E-state index is -0.493. The van der Waals surface area contributed by atoms with Crippen LogP contribution in [0, 0.1) is 11.3 Å². The van der Waals surface area contributed by atoms with Gasteiger partial charge in [-0.25, -0.2) is 0 Å². The van der Waals surface area contributed by atoms with Crippen molar-refractivity contribution in [2.75, 3.05) is 20.2 Å². The van der Waals surface area contributed by atoms with Crippen molar-refractivity contribution in [3.63, 3.8) is 0 Å². The Kier molecular flexibility index (Phi) is 4.40. The van der Waals surface area contributed by atoms with Crippen LogP contribution in [0.3, 0.4) is 0 Å². The Hall–Kier alpha value is -1.43. The van der Waals surface area contributed by atoms with Gasteiger partial charge in [0.15, 0.2) is 0 Å². The number of carbonyl (C=O) groups is 1. The molecule has 1 aromatic rings. The summed E-state index contributed by atoms with van der Waals surface area (Å²) in [6.07, 6.45) is 4.68. The lowest BCUT2D eigenvalue weighted by atomic mass is 9.49. The Labute approximate surface area is 173 Å². The first-order valence-electron chi connectivity index (χ1n) is 11.2. The van der Waals surface area contributed by atoms with Gasteiger partial charge < -0.3 is 14.9 Å². The van der Waals surface area contributed by atoms with E-state index in [0.29, 0.717) is 11.8 Å². The Morgan fingerprint density at radius 3 is 2.76 bits per heavy atom. The summed E-state index contributed by atoms with van der Waals surface area (Å²) < 4.78 is 5.78. The van der Waals surface area contributed by atoms with Crippen LogP contribution in [0.25, 0.3) is 0 Å². The molecule has 29 heavy (non-hydrogen) atoms. The first kappa shape index (κ1) is 19.5. The molecule has 1 saturated carbocycles. The van der Waals surface area contributed by atoms with E-state index in [4.69, 9.17) is 4.74 Å². The van der Waals surface area contributed by atoms with Crippen LogP contribution in [-0.2, 0) is 16.8 Å². The van der Waals surface area contributed by atoms with Crippen LogP contribution in [0.4, 0.5) is 0 Å². The summed E-state index contributed by atoms with van der Waals surface area (Å²) in [5, 5.41) is 21.4. The van der Waals surface area contributed by atoms with Gasteiger partial charge in [-0.05, 0) is 63.1 Å². The topological polar surface area (TPSA) is 70.0 Å². The van der Waals surface area contributed by atoms with Gasteiger partial charge in [-0.15, -0.1) is 0 Å². The maximum absolute atomic E-state index is 13.0. The van der Waals surface area contributed by atoms with Crippen molar-refractivity contribution in [3.8, 4) is 5.75 Å². The number of methoxy groups -OCH3 is 1. The molecule has 4 aliphatic rings. The van der Waals surface area contributed by atoms with E-state index in [0.717, 1.165) is 49.9 Å². The number of benzene rings is 1. The average Bonchev–Trinajstić information content (AvgIpc) is 3.25. The molecular formula is C24H33NO4. The number of hydrogen-bond acceptors (Lipinski definition) is 5. The fraction of sp³-hybridized carbons (Fsp3) is 0.708. The number of ketones is 1. The lowest BCUT2D eigenvalue weighted by molar-refractivity contribution is -0.132. The number of nitrogens with zero attached hydrogens (tertiary/aromatic N) is 1. The number of aliphatic hydroxyl groups is 2. The quantitative estimate of drug-likeness (QED) is 0.815. The Bertz CT molecular complexity index is 854. The zero-order valence-corrected chi connectivity index (χ0v) is 17.8. The molecule has 0 amide bonds. The van der Waals surface area contributed by atoms with Gasteiger partial charge in [-0.1, -0.05) is 19.1 Å². The molecule has 1 aromatic carbocycles. The Morgan fingerprint density at radius 1 is 1.31 bits per heavy atom. The predicted octanol–water partition coefficient (Wildman–Crippen LogP) is 2.76. The highest BCUT2D eigenvalue weighted by molar-refractivity contribution is 5.88. The molecule has 2 saturated heterocycles. The average molecular weight is 400 g/mol. The third-order valence-electron chi connectivity index (χ3n) is 8.96. The predicted molar refractivity (Wildman–Crippen MR) is 110 cm³/mol. The van der Waals surface area contributed by atoms with Crippen molar-refractivity contribution >= 4 is 5.78 Å². The first-order chi connectivity index (χ1) is 13.9. The summed E-state index contributed by atoms with van der Waals surface area (Å²) in [4.78, 5) is 15.7. The summed E-state index contributed by atoms with van der Waals surface area (Å²) >= 11 is 0. The first-order valence-corrected chi connectivity index (χ1v) is 11.2. The summed E-state index contributed by atoms with van der Waals surface area (Å²) in [6, 6.07) is 4.47. The molecule has 5 heteroatoms. The minimum absolute atomic E-state index is 0.0961. The van der Waals surface area contributed by atoms with Gasteiger partial charge in [0.25, 0.3) is 0 Å². The molecule has 1 spiro atoms. The number of fused-ring (bicyclic) bond motifs is 1. The van der Waals surface area contributed by atoms with Crippen molar-refractivity contribution in [1.29, 1.82) is 0 Å². The van der Waals surface area contributed by atoms with Crippen molar-refractivity contribution in [3.05, 3.63) is 28.8 Å². The van der Waals surface area contributed by atoms with E-state index in [1.165, 1.54) is 12.0 Å². The van der Waals surface area contributed by atoms with Crippen LogP contribution in [0.1, 0.15) is 68.6 Å². The lowest BCUT2D eigenvalue weighted by Crippen LogP contribution is -2.65. The highest BCUT2D eigenvalue weighted by Gasteiger charge is 2.71. The third-order valence-corrected chi connectivity index (χ3v) is 8.96. The molecule has 2 heterocycles. The van der Waals surface area contributed by atoms with Crippen molar-refractivity contribution in [1.82, 2.24) is 4.90 Å². The van der Waals surface area contributed by atoms with E-state index in [2.05, 4.69) is 17.9 Å². The zero-order valence-electron chi connectivity index (χ0n) is 17.8. The van der Waals surface area contributed by atoms with E-state index < -0.39 is 6.10 Å². The van der Waals surface area contributed by atoms with Crippen molar-refractivity contribution < 1.29 is 19.7 Å². The minimum Gasteiger partial charge on any atom is -0.496 e. The fourth-order valence-corrected chi connectivity index (χ4v) is 8.17. The highest BCUT2D eigenvalue weighted by Crippen LogP contribution is 2.69. The molecule has 0 bridgehead atoms. The summed E-state index contributed by atoms with van der Waals surface area (Å²) in [5.74, 6) is 0.278. The molecule has 2 aliphatic carbocycles. The van der Waals surface area contributed by atoms with Gasteiger partial charge in [0.1, 0.15) is 11.5 Å². The van der Waals surface area contributed by atoms with Gasteiger partial charge >= 0.3 is 0 Å². The maximum Gasteiger partial charge on any atom is 0.137 e. The smallest absolute Gasteiger partial charge is 0.137 e. The van der Waals surface area contributed by atoms with Crippen LogP contribution < -0.4 is 4.74 Å². The van der Waals surface area contributed by atoms with Crippen LogP contribution in [0.2, 0.25) is 0 Å². The van der Waals surface area contributed by atoms with E-state index >= 15 is 0 Å². The van der Waals surface area contributed by atoms with Crippen LogP contribution in [0.15, 0.2) is 12.1 Å². The number of hydrogen-bond donors (Lipinski definition) is 2. The molecule has 5 nitrogen and oxygen atoms in total. The van der Waals surface area contributed by atoms with Gasteiger partial charge in [0.05, 0.1) is 25.7 Å². The van der Waals surface area contributed by atoms with E-state index in [9.17, 15) is 15.0 Å². The van der Waals surface area contributed by atoms with Crippen LogP contribution >= 0.6 is 0 Å². The fourth-order valence-electron chi connectivity index (χ4n) is 8.17. The zero-order chi connectivity index (χ0) is 20.6. The van der Waals surface area contributed by atoms with Gasteiger partial charge in [-0.3, -0.25) is 9.69 Å². The molecule has 0 radical (unpaired) electrons. The Balaban J connectivity index is 1.81. The Morgan fingerprint density at radius 2 is 2.10 bits per heavy atom. The molecule has 6 unspecified atom stereocenters. The van der Waals surface area contributed by atoms with E-state index in [1.54, 1.807) is 14.0 Å². The van der Waals surface area contributed by atoms with E-state index in [1.807, 2.05) is 6.07 Å². The maximum atomic E-state index is 13.0. The van der Waals surface area contributed by atoms with Gasteiger partial charge in [0, 0.05) is 28.5 Å². The summed E-state index contributed by atoms with van der Waals surface area (Å²) in [7, 11) is 1.62. The standard InChI is InChI=1S/C24H33NO4/c1-4-23-8-5-10-25-11-9-24(22(23)25)16-7-6-15(13-26)21(29-3)19(16)18(14(2)27)20(24)17(28)12-23/h6-7,17-18,20,22,26,28H,4-5,8-13H2,1-3H3. The third kappa shape index (κ3) is 2.24. The number of Topliss-reactive ketones (excluding diaryl/α,β-unsaturated/α-hetero) is 1. The van der Waals surface area contributed by atoms with Gasteiger partial charge in [0.2, 0.25) is 0 Å². The molecule has 2 aliphatic heterocycles. The molecule has 0 aromatic heterocycles. The second-order valence-electron chi connectivity index (χ2n) is 9.81. The summed E-state index contributed by atoms with van der Waals surface area (Å²) in [6.45, 7) is 5.96. The second-order valence-corrected chi connectivity index (χ2v) is 9.81. The van der Waals surface area contributed by atoms with E-state index in [-0.39, 0.29) is 35.1 Å². The monoisotopic (exact) mass is 399 g/mol. The second kappa shape index (κ2) is 6.53. The molecule has 5 rings (SSSR count). The number of aliphatic hydroxyl groups excluding tert-OH is 2.